The summed E-state index contributed by atoms with van der Waals surface area (Å²) in [5, 5.41) is 0. The number of furan rings is 1. The highest BCUT2D eigenvalue weighted by atomic mass is 35.5. The van der Waals surface area contributed by atoms with E-state index in [4.69, 9.17) is 4.42 Å². The number of halogens is 4. The van der Waals surface area contributed by atoms with E-state index in [1.807, 2.05) is 19.0 Å². The molecular weight excluding hydrogens is 331 g/mol. The molecule has 1 aromatic carbocycles. The van der Waals surface area contributed by atoms with Gasteiger partial charge in [-0.3, -0.25) is 4.79 Å². The molecule has 0 saturated heterocycles. The molecule has 0 N–H and O–H groups in total. The third-order valence-corrected chi connectivity index (χ3v) is 3.14. The number of nitrogens with zero attached hydrogens (tertiary/aromatic N) is 1. The van der Waals surface area contributed by atoms with Gasteiger partial charge in [-0.1, -0.05) is 12.1 Å². The van der Waals surface area contributed by atoms with Gasteiger partial charge in [0.2, 0.25) is 0 Å². The smallest absolute Gasteiger partial charge is 0.416 e. The van der Waals surface area contributed by atoms with Crippen LogP contribution in [0.2, 0.25) is 0 Å². The number of benzene rings is 1. The van der Waals surface area contributed by atoms with Gasteiger partial charge in [0.05, 0.1) is 5.56 Å². The summed E-state index contributed by atoms with van der Waals surface area (Å²) in [4.78, 5) is 13.8. The lowest BCUT2D eigenvalue weighted by Crippen LogP contribution is -2.16. The van der Waals surface area contributed by atoms with Gasteiger partial charge in [-0.2, -0.15) is 13.2 Å². The molecular formula is C16H17ClF3NO2. The van der Waals surface area contributed by atoms with Gasteiger partial charge in [0.1, 0.15) is 5.76 Å². The summed E-state index contributed by atoms with van der Waals surface area (Å²) in [7, 11) is 3.70. The van der Waals surface area contributed by atoms with Crippen molar-refractivity contribution in [1.29, 1.82) is 0 Å². The Morgan fingerprint density at radius 3 is 2.48 bits per heavy atom. The molecule has 0 aliphatic carbocycles. The zero-order chi connectivity index (χ0) is 16.3. The molecule has 23 heavy (non-hydrogen) atoms. The van der Waals surface area contributed by atoms with Crippen molar-refractivity contribution in [2.24, 2.45) is 0 Å². The lowest BCUT2D eigenvalue weighted by atomic mass is 10.1. The highest BCUT2D eigenvalue weighted by Gasteiger charge is 2.30. The van der Waals surface area contributed by atoms with Crippen molar-refractivity contribution >= 4 is 18.2 Å². The van der Waals surface area contributed by atoms with E-state index in [-0.39, 0.29) is 29.7 Å². The molecule has 0 bridgehead atoms. The van der Waals surface area contributed by atoms with Crippen molar-refractivity contribution in [2.45, 2.75) is 12.6 Å². The van der Waals surface area contributed by atoms with Crippen LogP contribution in [0.3, 0.4) is 0 Å². The summed E-state index contributed by atoms with van der Waals surface area (Å²) in [6, 6.07) is 7.84. The zero-order valence-electron chi connectivity index (χ0n) is 12.7. The molecule has 0 aliphatic heterocycles. The van der Waals surface area contributed by atoms with Gasteiger partial charge < -0.3 is 9.32 Å². The molecule has 2 rings (SSSR count). The Morgan fingerprint density at radius 2 is 1.87 bits per heavy atom. The summed E-state index contributed by atoms with van der Waals surface area (Å²) in [5.74, 6) is 0.237. The third kappa shape index (κ3) is 5.11. The van der Waals surface area contributed by atoms with Crippen LogP contribution in [-0.4, -0.2) is 31.3 Å². The van der Waals surface area contributed by atoms with Crippen molar-refractivity contribution in [3.05, 3.63) is 47.7 Å². The van der Waals surface area contributed by atoms with Gasteiger partial charge in [0.25, 0.3) is 0 Å². The van der Waals surface area contributed by atoms with Crippen LogP contribution in [0, 0.1) is 0 Å². The quantitative estimate of drug-likeness (QED) is 0.745. The van der Waals surface area contributed by atoms with Crippen LogP contribution >= 0.6 is 12.4 Å². The Morgan fingerprint density at radius 1 is 1.17 bits per heavy atom. The number of hydrogen-bond acceptors (Lipinski definition) is 3. The van der Waals surface area contributed by atoms with E-state index in [0.29, 0.717) is 18.5 Å². The van der Waals surface area contributed by atoms with Crippen LogP contribution in [0.5, 0.6) is 0 Å². The molecule has 0 fully saturated rings. The molecule has 0 unspecified atom stereocenters. The largest absolute Gasteiger partial charge is 0.453 e. The maximum atomic E-state index is 12.7. The van der Waals surface area contributed by atoms with E-state index < -0.39 is 11.7 Å². The molecule has 0 atom stereocenters. The van der Waals surface area contributed by atoms with Crippen LogP contribution in [0.25, 0.3) is 11.3 Å². The summed E-state index contributed by atoms with van der Waals surface area (Å²) in [5.41, 5.74) is -0.455. The average Bonchev–Trinajstić information content (AvgIpc) is 2.94. The highest BCUT2D eigenvalue weighted by molar-refractivity contribution is 5.94. The fraction of sp³-hybridized carbons (Fsp3) is 0.312. The first-order chi connectivity index (χ1) is 10.3. The van der Waals surface area contributed by atoms with Crippen molar-refractivity contribution in [1.82, 2.24) is 4.90 Å². The van der Waals surface area contributed by atoms with Crippen molar-refractivity contribution < 1.29 is 22.4 Å². The van der Waals surface area contributed by atoms with E-state index in [1.54, 1.807) is 0 Å². The van der Waals surface area contributed by atoms with E-state index in [0.717, 1.165) is 12.1 Å². The Kier molecular flexibility index (Phi) is 6.41. The maximum absolute atomic E-state index is 12.7. The van der Waals surface area contributed by atoms with Gasteiger partial charge in [-0.15, -0.1) is 12.4 Å². The SMILES string of the molecule is CN(C)CCC(=O)c1ccc(-c2cccc(C(F)(F)F)c2)o1.Cl. The molecule has 2 aromatic rings. The molecule has 0 amide bonds. The van der Waals surface area contributed by atoms with Gasteiger partial charge in [0.15, 0.2) is 11.5 Å². The molecule has 0 radical (unpaired) electrons. The summed E-state index contributed by atoms with van der Waals surface area (Å²) in [6.45, 7) is 0.582. The molecule has 0 spiro atoms. The van der Waals surface area contributed by atoms with Gasteiger partial charge in [-0.05, 0) is 38.4 Å². The molecule has 126 valence electrons. The zero-order valence-corrected chi connectivity index (χ0v) is 13.5. The Balaban J connectivity index is 0.00000264. The second kappa shape index (κ2) is 7.66. The number of ketones is 1. The molecule has 1 heterocycles. The van der Waals surface area contributed by atoms with Gasteiger partial charge >= 0.3 is 6.18 Å². The fourth-order valence-corrected chi connectivity index (χ4v) is 1.94. The van der Waals surface area contributed by atoms with Crippen LogP contribution in [0.15, 0.2) is 40.8 Å². The number of alkyl halides is 3. The predicted molar refractivity (Wildman–Crippen MR) is 83.9 cm³/mol. The minimum atomic E-state index is -4.41. The number of hydrogen-bond donors (Lipinski definition) is 0. The standard InChI is InChI=1S/C16H16F3NO2.ClH/c1-20(2)9-8-13(21)15-7-6-14(22-15)11-4-3-5-12(10-11)16(17,18)19;/h3-7,10H,8-9H2,1-2H3;1H. The Labute approximate surface area is 138 Å². The molecule has 0 saturated carbocycles. The maximum Gasteiger partial charge on any atom is 0.416 e. The number of Topliss-reactive ketones (excluding diaryl/α,β-unsaturated/α-hetero) is 1. The topological polar surface area (TPSA) is 33.5 Å². The number of rotatable bonds is 5. The van der Waals surface area contributed by atoms with E-state index in [2.05, 4.69) is 0 Å². The minimum Gasteiger partial charge on any atom is -0.453 e. The van der Waals surface area contributed by atoms with E-state index in [9.17, 15) is 18.0 Å². The second-order valence-corrected chi connectivity index (χ2v) is 5.22. The average molecular weight is 348 g/mol. The monoisotopic (exact) mass is 347 g/mol. The first kappa shape index (κ1) is 19.3. The lowest BCUT2D eigenvalue weighted by Gasteiger charge is -2.08. The van der Waals surface area contributed by atoms with Gasteiger partial charge in [0, 0.05) is 18.5 Å². The summed E-state index contributed by atoms with van der Waals surface area (Å²) < 4.78 is 43.5. The van der Waals surface area contributed by atoms with Gasteiger partial charge in [-0.25, -0.2) is 0 Å². The fourth-order valence-electron chi connectivity index (χ4n) is 1.94. The van der Waals surface area contributed by atoms with Crippen LogP contribution in [0.1, 0.15) is 22.5 Å². The van der Waals surface area contributed by atoms with Crippen molar-refractivity contribution in [3.63, 3.8) is 0 Å². The Hall–Kier alpha value is -1.79. The first-order valence-electron chi connectivity index (χ1n) is 6.73. The van der Waals surface area contributed by atoms with E-state index in [1.165, 1.54) is 24.3 Å². The van der Waals surface area contributed by atoms with Crippen molar-refractivity contribution in [2.75, 3.05) is 20.6 Å². The lowest BCUT2D eigenvalue weighted by molar-refractivity contribution is -0.137. The number of carbonyl (C=O) groups excluding carboxylic acids is 1. The molecule has 3 nitrogen and oxygen atoms in total. The summed E-state index contributed by atoms with van der Waals surface area (Å²) in [6.07, 6.45) is -4.12. The second-order valence-electron chi connectivity index (χ2n) is 5.22. The minimum absolute atomic E-state index is 0. The predicted octanol–water partition coefficient (Wildman–Crippen LogP) is 4.52. The van der Waals surface area contributed by atoms with Crippen LogP contribution in [0.4, 0.5) is 13.2 Å². The highest BCUT2D eigenvalue weighted by Crippen LogP contribution is 2.32. The third-order valence-electron chi connectivity index (χ3n) is 3.14. The van der Waals surface area contributed by atoms with Crippen LogP contribution < -0.4 is 0 Å². The summed E-state index contributed by atoms with van der Waals surface area (Å²) >= 11 is 0. The first-order valence-corrected chi connectivity index (χ1v) is 6.73. The molecule has 7 heteroatoms. The van der Waals surface area contributed by atoms with Crippen molar-refractivity contribution in [3.8, 4) is 11.3 Å². The van der Waals surface area contributed by atoms with Crippen LogP contribution in [-0.2, 0) is 6.18 Å². The normalized spacial score (nSPS) is 11.4. The Bertz CT molecular complexity index is 665. The molecule has 1 aromatic heterocycles. The molecule has 0 aliphatic rings. The van der Waals surface area contributed by atoms with E-state index >= 15 is 0 Å². The number of carbonyl (C=O) groups is 1.